The van der Waals surface area contributed by atoms with Gasteiger partial charge in [0.25, 0.3) is 5.69 Å². The van der Waals surface area contributed by atoms with E-state index in [9.17, 15) is 23.3 Å². The molecule has 2 aromatic carbocycles. The Morgan fingerprint density at radius 2 is 1.86 bits per heavy atom. The molecule has 0 aliphatic rings. The molecule has 0 radical (unpaired) electrons. The van der Waals surface area contributed by atoms with Crippen LogP contribution in [0.15, 0.2) is 36.4 Å². The standard InChI is InChI=1S/C17H17Cl2N3O5S/c1-10-4-5-12(18)8-16(10)21(28(3,26)27)11(2)17(23)20-15-9-13(22(24)25)6-7-14(15)19/h4-9,11H,1-3H3,(H,20,23)/t11-/m0/s1. The van der Waals surface area contributed by atoms with Crippen molar-refractivity contribution < 1.29 is 18.1 Å². The van der Waals surface area contributed by atoms with Gasteiger partial charge in [-0.2, -0.15) is 0 Å². The number of nitrogens with zero attached hydrogens (tertiary/aromatic N) is 2. The maximum absolute atomic E-state index is 12.7. The lowest BCUT2D eigenvalue weighted by molar-refractivity contribution is -0.384. The summed E-state index contributed by atoms with van der Waals surface area (Å²) in [5.74, 6) is -0.716. The summed E-state index contributed by atoms with van der Waals surface area (Å²) >= 11 is 12.0. The van der Waals surface area contributed by atoms with E-state index in [0.717, 1.165) is 16.6 Å². The number of anilines is 2. The topological polar surface area (TPSA) is 110 Å². The fourth-order valence-electron chi connectivity index (χ4n) is 2.56. The molecule has 28 heavy (non-hydrogen) atoms. The van der Waals surface area contributed by atoms with E-state index in [2.05, 4.69) is 5.32 Å². The van der Waals surface area contributed by atoms with Gasteiger partial charge in [0.05, 0.1) is 27.6 Å². The fourth-order valence-corrected chi connectivity index (χ4v) is 4.12. The van der Waals surface area contributed by atoms with Gasteiger partial charge in [0.15, 0.2) is 0 Å². The largest absolute Gasteiger partial charge is 0.323 e. The molecule has 11 heteroatoms. The molecular weight excluding hydrogens is 429 g/mol. The predicted octanol–water partition coefficient (Wildman–Crippen LogP) is 4.00. The molecule has 150 valence electrons. The summed E-state index contributed by atoms with van der Waals surface area (Å²) in [5.41, 5.74) is 0.590. The van der Waals surface area contributed by atoms with Gasteiger partial charge in [0.2, 0.25) is 15.9 Å². The van der Waals surface area contributed by atoms with Gasteiger partial charge in [-0.1, -0.05) is 29.3 Å². The zero-order valence-electron chi connectivity index (χ0n) is 15.1. The molecule has 0 aromatic heterocycles. The number of hydrogen-bond acceptors (Lipinski definition) is 5. The van der Waals surface area contributed by atoms with Crippen LogP contribution < -0.4 is 9.62 Å². The van der Waals surface area contributed by atoms with Crippen LogP contribution in [0.25, 0.3) is 0 Å². The number of rotatable bonds is 6. The van der Waals surface area contributed by atoms with Crippen LogP contribution in [0.3, 0.4) is 0 Å². The molecule has 0 aliphatic carbocycles. The number of nitrogens with one attached hydrogen (secondary N) is 1. The molecule has 0 heterocycles. The van der Waals surface area contributed by atoms with Gasteiger partial charge in [0, 0.05) is 17.2 Å². The molecule has 2 aromatic rings. The second-order valence-electron chi connectivity index (χ2n) is 6.08. The molecule has 0 saturated carbocycles. The molecule has 8 nitrogen and oxygen atoms in total. The highest BCUT2D eigenvalue weighted by atomic mass is 35.5. The van der Waals surface area contributed by atoms with Crippen LogP contribution in [-0.2, 0) is 14.8 Å². The van der Waals surface area contributed by atoms with E-state index >= 15 is 0 Å². The summed E-state index contributed by atoms with van der Waals surface area (Å²) < 4.78 is 25.7. The van der Waals surface area contributed by atoms with E-state index in [-0.39, 0.29) is 22.1 Å². The molecule has 1 atom stereocenters. The number of benzene rings is 2. The zero-order valence-corrected chi connectivity index (χ0v) is 17.5. The zero-order chi connectivity index (χ0) is 21.2. The molecule has 0 spiro atoms. The smallest absolute Gasteiger partial charge is 0.271 e. The number of nitro groups is 1. The lowest BCUT2D eigenvalue weighted by Crippen LogP contribution is -2.45. The van der Waals surface area contributed by atoms with Gasteiger partial charge in [-0.3, -0.25) is 19.2 Å². The number of hydrogen-bond donors (Lipinski definition) is 1. The Morgan fingerprint density at radius 3 is 2.43 bits per heavy atom. The Bertz CT molecular complexity index is 1040. The van der Waals surface area contributed by atoms with Gasteiger partial charge < -0.3 is 5.32 Å². The van der Waals surface area contributed by atoms with Crippen LogP contribution in [0.2, 0.25) is 10.0 Å². The van der Waals surface area contributed by atoms with Crippen molar-refractivity contribution in [1.82, 2.24) is 0 Å². The third-order valence-corrected chi connectivity index (χ3v) is 5.71. The van der Waals surface area contributed by atoms with Crippen molar-refractivity contribution in [2.45, 2.75) is 19.9 Å². The van der Waals surface area contributed by atoms with Crippen molar-refractivity contribution in [3.63, 3.8) is 0 Å². The highest BCUT2D eigenvalue weighted by Crippen LogP contribution is 2.30. The molecule has 0 aliphatic heterocycles. The van der Waals surface area contributed by atoms with E-state index in [1.54, 1.807) is 19.1 Å². The van der Waals surface area contributed by atoms with Gasteiger partial charge >= 0.3 is 0 Å². The van der Waals surface area contributed by atoms with Crippen LogP contribution in [0.1, 0.15) is 12.5 Å². The van der Waals surface area contributed by atoms with Crippen LogP contribution in [-0.4, -0.2) is 31.5 Å². The predicted molar refractivity (Wildman–Crippen MR) is 110 cm³/mol. The van der Waals surface area contributed by atoms with Crippen LogP contribution >= 0.6 is 23.2 Å². The average Bonchev–Trinajstić information content (AvgIpc) is 2.58. The maximum atomic E-state index is 12.7. The molecular formula is C17H17Cl2N3O5S. The van der Waals surface area contributed by atoms with Crippen LogP contribution in [0, 0.1) is 17.0 Å². The number of carbonyl (C=O) groups excluding carboxylic acids is 1. The first kappa shape index (κ1) is 21.9. The van der Waals surface area contributed by atoms with Crippen molar-refractivity contribution in [1.29, 1.82) is 0 Å². The number of carbonyl (C=O) groups is 1. The Labute approximate surface area is 172 Å². The van der Waals surface area contributed by atoms with Crippen molar-refractivity contribution in [3.05, 3.63) is 62.1 Å². The minimum absolute atomic E-state index is 0.00369. The third-order valence-electron chi connectivity index (χ3n) is 3.92. The average molecular weight is 446 g/mol. The van der Waals surface area contributed by atoms with E-state index in [1.165, 1.54) is 25.1 Å². The molecule has 0 unspecified atom stereocenters. The van der Waals surface area contributed by atoms with Crippen molar-refractivity contribution in [2.24, 2.45) is 0 Å². The Hall–Kier alpha value is -2.36. The van der Waals surface area contributed by atoms with Crippen LogP contribution in [0.5, 0.6) is 0 Å². The normalized spacial score (nSPS) is 12.3. The van der Waals surface area contributed by atoms with Crippen molar-refractivity contribution in [2.75, 3.05) is 15.9 Å². The highest BCUT2D eigenvalue weighted by molar-refractivity contribution is 7.92. The summed E-state index contributed by atoms with van der Waals surface area (Å²) in [6, 6.07) is 7.08. The monoisotopic (exact) mass is 445 g/mol. The SMILES string of the molecule is Cc1ccc(Cl)cc1N([C@@H](C)C(=O)Nc1cc([N+](=O)[O-])ccc1Cl)S(C)(=O)=O. The van der Waals surface area contributed by atoms with E-state index in [1.807, 2.05) is 0 Å². The van der Waals surface area contributed by atoms with E-state index in [0.29, 0.717) is 10.6 Å². The first-order valence-corrected chi connectivity index (χ1v) is 10.5. The summed E-state index contributed by atoms with van der Waals surface area (Å²) in [4.78, 5) is 23.0. The minimum atomic E-state index is -3.85. The molecule has 0 saturated heterocycles. The number of non-ortho nitro benzene ring substituents is 1. The first-order valence-electron chi connectivity index (χ1n) is 7.92. The summed E-state index contributed by atoms with van der Waals surface area (Å²) in [7, 11) is -3.85. The number of aryl methyl sites for hydroxylation is 1. The summed E-state index contributed by atoms with van der Waals surface area (Å²) in [6.45, 7) is 3.08. The quantitative estimate of drug-likeness (QED) is 0.533. The van der Waals surface area contributed by atoms with Crippen molar-refractivity contribution in [3.8, 4) is 0 Å². The van der Waals surface area contributed by atoms with Gasteiger partial charge in [-0.25, -0.2) is 8.42 Å². The molecule has 2 rings (SSSR count). The lowest BCUT2D eigenvalue weighted by atomic mass is 10.1. The maximum Gasteiger partial charge on any atom is 0.271 e. The molecule has 1 amide bonds. The summed E-state index contributed by atoms with van der Waals surface area (Å²) in [6.07, 6.45) is 0.970. The Kier molecular flexibility index (Phi) is 6.53. The van der Waals surface area contributed by atoms with Gasteiger partial charge in [-0.05, 0) is 37.6 Å². The Morgan fingerprint density at radius 1 is 1.21 bits per heavy atom. The number of nitro benzene ring substituents is 1. The minimum Gasteiger partial charge on any atom is -0.323 e. The first-order chi connectivity index (χ1) is 12.9. The molecule has 1 N–H and O–H groups in total. The van der Waals surface area contributed by atoms with E-state index in [4.69, 9.17) is 23.2 Å². The van der Waals surface area contributed by atoms with Crippen LogP contribution in [0.4, 0.5) is 17.1 Å². The van der Waals surface area contributed by atoms with E-state index < -0.39 is 26.9 Å². The lowest BCUT2D eigenvalue weighted by Gasteiger charge is -2.29. The second-order valence-corrected chi connectivity index (χ2v) is 8.78. The summed E-state index contributed by atoms with van der Waals surface area (Å²) in [5, 5.41) is 13.8. The number of halogens is 2. The molecule has 0 fully saturated rings. The number of sulfonamides is 1. The highest BCUT2D eigenvalue weighted by Gasteiger charge is 2.31. The third kappa shape index (κ3) is 4.92. The van der Waals surface area contributed by atoms with Gasteiger partial charge in [-0.15, -0.1) is 0 Å². The second kappa shape index (κ2) is 8.34. The van der Waals surface area contributed by atoms with Crippen molar-refractivity contribution >= 4 is 56.2 Å². The molecule has 0 bridgehead atoms. The Balaban J connectivity index is 2.42. The fraction of sp³-hybridized carbons (Fsp3) is 0.235. The van der Waals surface area contributed by atoms with Gasteiger partial charge in [0.1, 0.15) is 6.04 Å². The number of amides is 1.